The van der Waals surface area contributed by atoms with Gasteiger partial charge in [-0.05, 0) is 41.8 Å². The third kappa shape index (κ3) is 3.74. The number of nitrogen functional groups attached to an aromatic ring is 1. The lowest BCUT2D eigenvalue weighted by atomic mass is 10.2. The van der Waals surface area contributed by atoms with Gasteiger partial charge in [0.15, 0.2) is 5.82 Å². The first kappa shape index (κ1) is 20.3. The first-order valence-corrected chi connectivity index (χ1v) is 11.0. The SMILES string of the molecule is COC(=O)c1sccc1Nc1nc(N)nc2ccn(-c3ccc(N4CCOCC4)cc3)c12. The third-order valence-electron chi connectivity index (χ3n) is 5.34. The molecule has 3 N–H and O–H groups in total. The number of nitrogens with zero attached hydrogens (tertiary/aromatic N) is 4. The number of fused-ring (bicyclic) bond motifs is 1. The van der Waals surface area contributed by atoms with Crippen LogP contribution in [-0.4, -0.2) is 53.9 Å². The molecule has 0 amide bonds. The summed E-state index contributed by atoms with van der Waals surface area (Å²) < 4.78 is 12.3. The van der Waals surface area contributed by atoms with E-state index in [1.807, 2.05) is 28.3 Å². The minimum Gasteiger partial charge on any atom is -0.465 e. The fraction of sp³-hybridized carbons (Fsp3) is 0.227. The van der Waals surface area contributed by atoms with Crippen molar-refractivity contribution in [2.75, 3.05) is 49.4 Å². The molecule has 0 atom stereocenters. The zero-order valence-corrected chi connectivity index (χ0v) is 18.3. The lowest BCUT2D eigenvalue weighted by Crippen LogP contribution is -2.36. The van der Waals surface area contributed by atoms with Gasteiger partial charge in [-0.25, -0.2) is 9.78 Å². The fourth-order valence-corrected chi connectivity index (χ4v) is 4.56. The molecule has 5 rings (SSSR count). The second-order valence-corrected chi connectivity index (χ2v) is 8.16. The number of aromatic nitrogens is 3. The molecule has 1 aromatic carbocycles. The Hall–Kier alpha value is -3.63. The number of nitrogens with one attached hydrogen (secondary N) is 1. The summed E-state index contributed by atoms with van der Waals surface area (Å²) in [7, 11) is 1.36. The Morgan fingerprint density at radius 2 is 1.88 bits per heavy atom. The van der Waals surface area contributed by atoms with E-state index in [4.69, 9.17) is 15.2 Å². The molecular weight excluding hydrogens is 428 g/mol. The molecule has 1 aliphatic heterocycles. The summed E-state index contributed by atoms with van der Waals surface area (Å²) in [6.07, 6.45) is 1.93. The van der Waals surface area contributed by atoms with Gasteiger partial charge < -0.3 is 30.0 Å². The van der Waals surface area contributed by atoms with Gasteiger partial charge in [-0.3, -0.25) is 0 Å². The van der Waals surface area contributed by atoms with Crippen molar-refractivity contribution in [3.63, 3.8) is 0 Å². The van der Waals surface area contributed by atoms with E-state index in [2.05, 4.69) is 44.5 Å². The Bertz CT molecular complexity index is 1260. The molecule has 1 aliphatic rings. The van der Waals surface area contributed by atoms with E-state index < -0.39 is 5.97 Å². The van der Waals surface area contributed by atoms with Crippen LogP contribution in [0.25, 0.3) is 16.7 Å². The van der Waals surface area contributed by atoms with Crippen molar-refractivity contribution >= 4 is 51.5 Å². The van der Waals surface area contributed by atoms with Crippen LogP contribution in [0.4, 0.5) is 23.1 Å². The predicted octanol–water partition coefficient (Wildman–Crippen LogP) is 3.43. The van der Waals surface area contributed by atoms with Crippen LogP contribution in [0.2, 0.25) is 0 Å². The van der Waals surface area contributed by atoms with Gasteiger partial charge in [0.25, 0.3) is 0 Å². The van der Waals surface area contributed by atoms with Crippen LogP contribution in [0.15, 0.2) is 48.0 Å². The maximum Gasteiger partial charge on any atom is 0.350 e. The lowest BCUT2D eigenvalue weighted by Gasteiger charge is -2.29. The van der Waals surface area contributed by atoms with Gasteiger partial charge in [0.1, 0.15) is 10.4 Å². The molecule has 3 aromatic heterocycles. The van der Waals surface area contributed by atoms with Gasteiger partial charge >= 0.3 is 5.97 Å². The number of carbonyl (C=O) groups excluding carboxylic acids is 1. The molecule has 9 nitrogen and oxygen atoms in total. The van der Waals surface area contributed by atoms with Crippen LogP contribution in [0.3, 0.4) is 0 Å². The van der Waals surface area contributed by atoms with Crippen molar-refractivity contribution in [2.45, 2.75) is 0 Å². The summed E-state index contributed by atoms with van der Waals surface area (Å²) in [6.45, 7) is 3.26. The predicted molar refractivity (Wildman–Crippen MR) is 125 cm³/mol. The maximum atomic E-state index is 12.1. The third-order valence-corrected chi connectivity index (χ3v) is 6.24. The average Bonchev–Trinajstić information content (AvgIpc) is 3.46. The Morgan fingerprint density at radius 1 is 1.12 bits per heavy atom. The number of ether oxygens (including phenoxy) is 2. The average molecular weight is 451 g/mol. The molecule has 1 fully saturated rings. The van der Waals surface area contributed by atoms with Crippen LogP contribution < -0.4 is 16.0 Å². The van der Waals surface area contributed by atoms with Crippen molar-refractivity contribution < 1.29 is 14.3 Å². The molecular formula is C22H22N6O3S. The molecule has 4 aromatic rings. The van der Waals surface area contributed by atoms with Crippen molar-refractivity contribution in [3.8, 4) is 5.69 Å². The number of hydrogen-bond donors (Lipinski definition) is 2. The highest BCUT2D eigenvalue weighted by atomic mass is 32.1. The number of carbonyl (C=O) groups is 1. The van der Waals surface area contributed by atoms with Crippen molar-refractivity contribution in [3.05, 3.63) is 52.9 Å². The van der Waals surface area contributed by atoms with Crippen molar-refractivity contribution in [1.82, 2.24) is 14.5 Å². The van der Waals surface area contributed by atoms with Crippen LogP contribution in [0.5, 0.6) is 0 Å². The van der Waals surface area contributed by atoms with Crippen LogP contribution >= 0.6 is 11.3 Å². The smallest absolute Gasteiger partial charge is 0.350 e. The number of benzene rings is 1. The molecule has 164 valence electrons. The minimum atomic E-state index is -0.408. The minimum absolute atomic E-state index is 0.148. The van der Waals surface area contributed by atoms with Crippen molar-refractivity contribution in [1.29, 1.82) is 0 Å². The second kappa shape index (κ2) is 8.48. The van der Waals surface area contributed by atoms with E-state index in [0.29, 0.717) is 21.9 Å². The van der Waals surface area contributed by atoms with E-state index in [0.717, 1.165) is 43.2 Å². The van der Waals surface area contributed by atoms with Crippen LogP contribution in [-0.2, 0) is 9.47 Å². The Morgan fingerprint density at radius 3 is 2.62 bits per heavy atom. The number of thiophene rings is 1. The Balaban J connectivity index is 1.53. The largest absolute Gasteiger partial charge is 0.465 e. The topological polar surface area (TPSA) is 108 Å². The molecule has 0 saturated carbocycles. The van der Waals surface area contributed by atoms with Gasteiger partial charge in [-0.1, -0.05) is 0 Å². The lowest BCUT2D eigenvalue weighted by molar-refractivity contribution is 0.0607. The van der Waals surface area contributed by atoms with E-state index in [1.165, 1.54) is 18.4 Å². The Kier molecular flexibility index (Phi) is 5.38. The molecule has 1 saturated heterocycles. The highest BCUT2D eigenvalue weighted by Gasteiger charge is 2.18. The number of hydrogen-bond acceptors (Lipinski definition) is 9. The molecule has 0 spiro atoms. The van der Waals surface area contributed by atoms with Crippen molar-refractivity contribution in [2.24, 2.45) is 0 Å². The van der Waals surface area contributed by atoms with Crippen LogP contribution in [0.1, 0.15) is 9.67 Å². The van der Waals surface area contributed by atoms with E-state index in [-0.39, 0.29) is 5.95 Å². The molecule has 0 aliphatic carbocycles. The monoisotopic (exact) mass is 450 g/mol. The summed E-state index contributed by atoms with van der Waals surface area (Å²) in [6, 6.07) is 12.0. The highest BCUT2D eigenvalue weighted by Crippen LogP contribution is 2.32. The van der Waals surface area contributed by atoms with E-state index >= 15 is 0 Å². The van der Waals surface area contributed by atoms with Crippen LogP contribution in [0, 0.1) is 0 Å². The molecule has 4 heterocycles. The maximum absolute atomic E-state index is 12.1. The summed E-state index contributed by atoms with van der Waals surface area (Å²) in [5, 5.41) is 5.07. The molecule has 32 heavy (non-hydrogen) atoms. The molecule has 0 bridgehead atoms. The summed E-state index contributed by atoms with van der Waals surface area (Å²) in [4.78, 5) is 23.7. The molecule has 0 radical (unpaired) electrons. The summed E-state index contributed by atoms with van der Waals surface area (Å²) in [5.41, 5.74) is 10.2. The van der Waals surface area contributed by atoms with Gasteiger partial charge in [-0.15, -0.1) is 11.3 Å². The standard InChI is InChI=1S/C22H22N6O3S/c1-30-21(29)19-17(7-13-32-19)24-20-18-16(25-22(23)26-20)6-8-28(18)15-4-2-14(3-5-15)27-9-11-31-12-10-27/h2-8,13H,9-12H2,1H3,(H3,23,24,25,26). The number of rotatable bonds is 5. The number of morpholine rings is 1. The second-order valence-electron chi connectivity index (χ2n) is 7.25. The zero-order chi connectivity index (χ0) is 22.1. The van der Waals surface area contributed by atoms with E-state index in [9.17, 15) is 4.79 Å². The normalized spacial score (nSPS) is 14.0. The van der Waals surface area contributed by atoms with Gasteiger partial charge in [-0.2, -0.15) is 4.98 Å². The first-order valence-electron chi connectivity index (χ1n) is 10.1. The van der Waals surface area contributed by atoms with Gasteiger partial charge in [0, 0.05) is 30.7 Å². The van der Waals surface area contributed by atoms with Gasteiger partial charge in [0.2, 0.25) is 5.95 Å². The number of esters is 1. The molecule has 0 unspecified atom stereocenters. The fourth-order valence-electron chi connectivity index (χ4n) is 3.80. The zero-order valence-electron chi connectivity index (χ0n) is 17.4. The Labute approximate surface area is 188 Å². The summed E-state index contributed by atoms with van der Waals surface area (Å²) >= 11 is 1.30. The highest BCUT2D eigenvalue weighted by molar-refractivity contribution is 7.12. The quantitative estimate of drug-likeness (QED) is 0.445. The number of anilines is 4. The number of methoxy groups -OCH3 is 1. The number of nitrogens with two attached hydrogens (primary N) is 1. The van der Waals surface area contributed by atoms with Gasteiger partial charge in [0.05, 0.1) is 31.5 Å². The summed E-state index contributed by atoms with van der Waals surface area (Å²) in [5.74, 6) is 0.253. The molecule has 10 heteroatoms. The first-order chi connectivity index (χ1) is 15.6. The van der Waals surface area contributed by atoms with E-state index in [1.54, 1.807) is 0 Å².